The molecule has 18 heavy (non-hydrogen) atoms. The number of carbonyl (C=O) groups is 1. The third-order valence-corrected chi connectivity index (χ3v) is 4.33. The average molecular weight is 275 g/mol. The fourth-order valence-electron chi connectivity index (χ4n) is 2.98. The SMILES string of the molecule is CC1CCC(CNC(=O)[C@H]2CCCCN2)CC1.Cl. The van der Waals surface area contributed by atoms with Crippen LogP contribution in [0.2, 0.25) is 0 Å². The van der Waals surface area contributed by atoms with E-state index in [1.807, 2.05) is 0 Å². The second kappa shape index (κ2) is 8.00. The number of nitrogens with one attached hydrogen (secondary N) is 2. The Morgan fingerprint density at radius 3 is 2.50 bits per heavy atom. The molecule has 0 radical (unpaired) electrons. The lowest BCUT2D eigenvalue weighted by molar-refractivity contribution is -0.123. The third kappa shape index (κ3) is 4.77. The summed E-state index contributed by atoms with van der Waals surface area (Å²) < 4.78 is 0. The van der Waals surface area contributed by atoms with Crippen LogP contribution in [0.5, 0.6) is 0 Å². The highest BCUT2D eigenvalue weighted by Gasteiger charge is 2.22. The van der Waals surface area contributed by atoms with Crippen LogP contribution in [-0.4, -0.2) is 25.0 Å². The average Bonchev–Trinajstić information content (AvgIpc) is 2.39. The molecule has 2 rings (SSSR count). The first-order valence-electron chi connectivity index (χ1n) is 7.27. The van der Waals surface area contributed by atoms with E-state index in [-0.39, 0.29) is 24.4 Å². The van der Waals surface area contributed by atoms with E-state index in [0.717, 1.165) is 31.3 Å². The molecule has 0 aromatic heterocycles. The molecule has 0 spiro atoms. The largest absolute Gasteiger partial charge is 0.354 e. The van der Waals surface area contributed by atoms with E-state index in [0.29, 0.717) is 0 Å². The summed E-state index contributed by atoms with van der Waals surface area (Å²) in [7, 11) is 0. The molecule has 106 valence electrons. The second-order valence-corrected chi connectivity index (χ2v) is 5.87. The maximum absolute atomic E-state index is 11.9. The summed E-state index contributed by atoms with van der Waals surface area (Å²) in [5, 5.41) is 6.44. The van der Waals surface area contributed by atoms with Crippen LogP contribution in [-0.2, 0) is 4.79 Å². The van der Waals surface area contributed by atoms with Gasteiger partial charge < -0.3 is 10.6 Å². The minimum atomic E-state index is 0. The van der Waals surface area contributed by atoms with E-state index in [4.69, 9.17) is 0 Å². The number of hydrogen-bond donors (Lipinski definition) is 2. The van der Waals surface area contributed by atoms with Crippen molar-refractivity contribution in [2.75, 3.05) is 13.1 Å². The zero-order chi connectivity index (χ0) is 12.1. The monoisotopic (exact) mass is 274 g/mol. The van der Waals surface area contributed by atoms with Crippen molar-refractivity contribution in [2.45, 2.75) is 57.9 Å². The van der Waals surface area contributed by atoms with E-state index in [1.54, 1.807) is 0 Å². The third-order valence-electron chi connectivity index (χ3n) is 4.33. The molecular weight excluding hydrogens is 248 g/mol. The lowest BCUT2D eigenvalue weighted by atomic mass is 9.83. The van der Waals surface area contributed by atoms with Crippen LogP contribution in [0.15, 0.2) is 0 Å². The van der Waals surface area contributed by atoms with Gasteiger partial charge >= 0.3 is 0 Å². The summed E-state index contributed by atoms with van der Waals surface area (Å²) in [4.78, 5) is 11.9. The maximum atomic E-state index is 11.9. The van der Waals surface area contributed by atoms with Crippen LogP contribution in [0.4, 0.5) is 0 Å². The molecule has 2 fully saturated rings. The van der Waals surface area contributed by atoms with Crippen molar-refractivity contribution in [1.29, 1.82) is 0 Å². The van der Waals surface area contributed by atoms with Crippen molar-refractivity contribution in [3.05, 3.63) is 0 Å². The normalized spacial score (nSPS) is 32.4. The molecule has 2 N–H and O–H groups in total. The van der Waals surface area contributed by atoms with Crippen molar-refractivity contribution in [3.8, 4) is 0 Å². The fraction of sp³-hybridized carbons (Fsp3) is 0.929. The Morgan fingerprint density at radius 2 is 1.89 bits per heavy atom. The Balaban J connectivity index is 0.00000162. The molecular formula is C14H27ClN2O. The zero-order valence-electron chi connectivity index (χ0n) is 11.4. The Labute approximate surface area is 117 Å². The summed E-state index contributed by atoms with van der Waals surface area (Å²) in [6, 6.07) is 0.0752. The molecule has 1 atom stereocenters. The second-order valence-electron chi connectivity index (χ2n) is 5.87. The van der Waals surface area contributed by atoms with E-state index >= 15 is 0 Å². The number of hydrogen-bond acceptors (Lipinski definition) is 2. The van der Waals surface area contributed by atoms with Crippen molar-refractivity contribution in [1.82, 2.24) is 10.6 Å². The van der Waals surface area contributed by atoms with Crippen LogP contribution in [0.25, 0.3) is 0 Å². The quantitative estimate of drug-likeness (QED) is 0.830. The number of carbonyl (C=O) groups excluding carboxylic acids is 1. The minimum Gasteiger partial charge on any atom is -0.354 e. The van der Waals surface area contributed by atoms with E-state index in [2.05, 4.69) is 17.6 Å². The molecule has 4 heteroatoms. The summed E-state index contributed by atoms with van der Waals surface area (Å²) in [6.07, 6.45) is 8.66. The van der Waals surface area contributed by atoms with Gasteiger partial charge in [0.15, 0.2) is 0 Å². The van der Waals surface area contributed by atoms with E-state index < -0.39 is 0 Å². The van der Waals surface area contributed by atoms with Crippen LogP contribution >= 0.6 is 12.4 Å². The summed E-state index contributed by atoms with van der Waals surface area (Å²) in [5.41, 5.74) is 0. The van der Waals surface area contributed by atoms with Gasteiger partial charge in [0, 0.05) is 6.54 Å². The van der Waals surface area contributed by atoms with Gasteiger partial charge in [0.05, 0.1) is 6.04 Å². The van der Waals surface area contributed by atoms with Crippen LogP contribution in [0.3, 0.4) is 0 Å². The highest BCUT2D eigenvalue weighted by atomic mass is 35.5. The van der Waals surface area contributed by atoms with Crippen LogP contribution in [0.1, 0.15) is 51.9 Å². The Bertz CT molecular complexity index is 246. The Morgan fingerprint density at radius 1 is 1.17 bits per heavy atom. The van der Waals surface area contributed by atoms with Gasteiger partial charge in [-0.3, -0.25) is 4.79 Å². The van der Waals surface area contributed by atoms with Crippen molar-refractivity contribution >= 4 is 18.3 Å². The number of piperidine rings is 1. The summed E-state index contributed by atoms with van der Waals surface area (Å²) >= 11 is 0. The molecule has 0 bridgehead atoms. The molecule has 0 aromatic rings. The predicted molar refractivity (Wildman–Crippen MR) is 77.0 cm³/mol. The number of rotatable bonds is 3. The lowest BCUT2D eigenvalue weighted by Crippen LogP contribution is -2.47. The zero-order valence-corrected chi connectivity index (χ0v) is 12.2. The first-order valence-corrected chi connectivity index (χ1v) is 7.27. The van der Waals surface area contributed by atoms with Gasteiger partial charge in [-0.1, -0.05) is 26.2 Å². The first kappa shape index (κ1) is 15.8. The Kier molecular flexibility index (Phi) is 7.02. The highest BCUT2D eigenvalue weighted by Crippen LogP contribution is 2.27. The minimum absolute atomic E-state index is 0. The van der Waals surface area contributed by atoms with E-state index in [9.17, 15) is 4.79 Å². The highest BCUT2D eigenvalue weighted by molar-refractivity contribution is 5.85. The molecule has 1 saturated heterocycles. The molecule has 0 aromatic carbocycles. The lowest BCUT2D eigenvalue weighted by Gasteiger charge is -2.28. The number of halogens is 1. The standard InChI is InChI=1S/C14H26N2O.ClH/c1-11-5-7-12(8-6-11)10-16-14(17)13-4-2-3-9-15-13;/h11-13,15H,2-10H2,1H3,(H,16,17);1H/t11?,12?,13-;/m1./s1. The van der Waals surface area contributed by atoms with Gasteiger partial charge in [0.25, 0.3) is 0 Å². The van der Waals surface area contributed by atoms with Gasteiger partial charge in [-0.05, 0) is 44.1 Å². The van der Waals surface area contributed by atoms with Gasteiger partial charge in [0.2, 0.25) is 5.91 Å². The van der Waals surface area contributed by atoms with Gasteiger partial charge in [-0.25, -0.2) is 0 Å². The molecule has 1 aliphatic heterocycles. The molecule has 1 amide bonds. The molecule has 1 aliphatic carbocycles. The summed E-state index contributed by atoms with van der Waals surface area (Å²) in [5.74, 6) is 1.84. The van der Waals surface area contributed by atoms with Crippen LogP contribution in [0, 0.1) is 11.8 Å². The van der Waals surface area contributed by atoms with E-state index in [1.165, 1.54) is 38.5 Å². The fourth-order valence-corrected chi connectivity index (χ4v) is 2.98. The van der Waals surface area contributed by atoms with Crippen molar-refractivity contribution in [2.24, 2.45) is 11.8 Å². The van der Waals surface area contributed by atoms with Crippen molar-refractivity contribution in [3.63, 3.8) is 0 Å². The maximum Gasteiger partial charge on any atom is 0.237 e. The van der Waals surface area contributed by atoms with Crippen molar-refractivity contribution < 1.29 is 4.79 Å². The van der Waals surface area contributed by atoms with Gasteiger partial charge in [-0.15, -0.1) is 12.4 Å². The topological polar surface area (TPSA) is 41.1 Å². The molecule has 2 aliphatic rings. The van der Waals surface area contributed by atoms with Gasteiger partial charge in [-0.2, -0.15) is 0 Å². The molecule has 3 nitrogen and oxygen atoms in total. The number of amides is 1. The van der Waals surface area contributed by atoms with Gasteiger partial charge in [0.1, 0.15) is 0 Å². The van der Waals surface area contributed by atoms with Crippen LogP contribution < -0.4 is 10.6 Å². The Hall–Kier alpha value is -0.280. The predicted octanol–water partition coefficient (Wildman–Crippen LogP) is 2.49. The smallest absolute Gasteiger partial charge is 0.237 e. The molecule has 1 heterocycles. The molecule has 0 unspecified atom stereocenters. The summed E-state index contributed by atoms with van der Waals surface area (Å²) in [6.45, 7) is 4.23. The first-order chi connectivity index (χ1) is 8.25. The molecule has 1 saturated carbocycles.